The highest BCUT2D eigenvalue weighted by Crippen LogP contribution is 2.24. The lowest BCUT2D eigenvalue weighted by molar-refractivity contribution is -0.131. The van der Waals surface area contributed by atoms with Crippen LogP contribution in [0, 0.1) is 0 Å². The largest absolute Gasteiger partial charge is 0.478 e. The van der Waals surface area contributed by atoms with Gasteiger partial charge in [0.25, 0.3) is 0 Å². The van der Waals surface area contributed by atoms with Crippen molar-refractivity contribution in [1.82, 2.24) is 4.98 Å². The second-order valence-electron chi connectivity index (χ2n) is 4.17. The maximum atomic E-state index is 10.6. The van der Waals surface area contributed by atoms with E-state index in [0.29, 0.717) is 17.2 Å². The highest BCUT2D eigenvalue weighted by Gasteiger charge is 2.04. The minimum Gasteiger partial charge on any atom is -0.478 e. The summed E-state index contributed by atoms with van der Waals surface area (Å²) in [5, 5.41) is 8.68. The number of benzene rings is 1. The molecule has 1 N–H and O–H groups in total. The topological polar surface area (TPSA) is 59.4 Å². The van der Waals surface area contributed by atoms with Crippen LogP contribution in [-0.2, 0) is 11.2 Å². The molecule has 0 aliphatic heterocycles. The zero-order valence-corrected chi connectivity index (χ0v) is 11.1. The first-order chi connectivity index (χ1) is 9.69. The van der Waals surface area contributed by atoms with Gasteiger partial charge in [-0.3, -0.25) is 0 Å². The van der Waals surface area contributed by atoms with Crippen LogP contribution in [0.4, 0.5) is 0 Å². The third-order valence-electron chi connectivity index (χ3n) is 2.73. The summed E-state index contributed by atoms with van der Waals surface area (Å²) >= 11 is 0. The molecule has 0 bridgehead atoms. The van der Waals surface area contributed by atoms with E-state index in [4.69, 9.17) is 9.84 Å². The first-order valence-corrected chi connectivity index (χ1v) is 6.32. The smallest absolute Gasteiger partial charge is 0.328 e. The van der Waals surface area contributed by atoms with E-state index < -0.39 is 5.97 Å². The van der Waals surface area contributed by atoms with E-state index in [9.17, 15) is 4.79 Å². The van der Waals surface area contributed by atoms with E-state index in [2.05, 4.69) is 11.9 Å². The zero-order valence-electron chi connectivity index (χ0n) is 11.1. The minimum absolute atomic E-state index is 0.387. The Bertz CT molecular complexity index is 635. The summed E-state index contributed by atoms with van der Waals surface area (Å²) in [6, 6.07) is 11.2. The van der Waals surface area contributed by atoms with Crippen molar-refractivity contribution in [1.29, 1.82) is 0 Å². The van der Waals surface area contributed by atoms with Crippen molar-refractivity contribution in [2.45, 2.75) is 13.3 Å². The lowest BCUT2D eigenvalue weighted by Gasteiger charge is -2.08. The first-order valence-electron chi connectivity index (χ1n) is 6.32. The monoisotopic (exact) mass is 269 g/mol. The molecule has 0 unspecified atom stereocenters. The van der Waals surface area contributed by atoms with Gasteiger partial charge in [-0.15, -0.1) is 0 Å². The standard InChI is InChI=1S/C16H15NO3/c1-2-12-5-3-7-14(11-12)20-16-13(6-4-10-17-16)8-9-15(18)19/h3-11H,2H2,1H3,(H,18,19)/b9-8+. The second-order valence-corrected chi connectivity index (χ2v) is 4.17. The molecule has 0 spiro atoms. The van der Waals surface area contributed by atoms with E-state index in [0.717, 1.165) is 12.5 Å². The van der Waals surface area contributed by atoms with Gasteiger partial charge in [0.15, 0.2) is 0 Å². The summed E-state index contributed by atoms with van der Waals surface area (Å²) in [7, 11) is 0. The number of nitrogens with zero attached hydrogens (tertiary/aromatic N) is 1. The van der Waals surface area contributed by atoms with Crippen molar-refractivity contribution in [3.63, 3.8) is 0 Å². The van der Waals surface area contributed by atoms with Crippen LogP contribution in [0.15, 0.2) is 48.7 Å². The van der Waals surface area contributed by atoms with Gasteiger partial charge in [-0.1, -0.05) is 19.1 Å². The number of aryl methyl sites for hydroxylation is 1. The number of carboxylic acid groups (broad SMARTS) is 1. The molecule has 0 saturated carbocycles. The molecule has 0 radical (unpaired) electrons. The molecule has 2 aromatic rings. The number of hydrogen-bond acceptors (Lipinski definition) is 3. The summed E-state index contributed by atoms with van der Waals surface area (Å²) in [6.45, 7) is 2.07. The number of pyridine rings is 1. The molecule has 0 atom stereocenters. The molecule has 0 amide bonds. The highest BCUT2D eigenvalue weighted by atomic mass is 16.5. The van der Waals surface area contributed by atoms with Gasteiger partial charge in [-0.25, -0.2) is 9.78 Å². The predicted molar refractivity (Wildman–Crippen MR) is 76.8 cm³/mol. The Kier molecular flexibility index (Phi) is 4.50. The number of carbonyl (C=O) groups is 1. The second kappa shape index (κ2) is 6.52. The van der Waals surface area contributed by atoms with Crippen molar-refractivity contribution in [2.75, 3.05) is 0 Å². The Morgan fingerprint density at radius 3 is 2.95 bits per heavy atom. The van der Waals surface area contributed by atoms with Crippen LogP contribution in [-0.4, -0.2) is 16.1 Å². The molecule has 1 aromatic heterocycles. The molecule has 0 fully saturated rings. The van der Waals surface area contributed by atoms with Gasteiger partial charge < -0.3 is 9.84 Å². The van der Waals surface area contributed by atoms with Crippen LogP contribution >= 0.6 is 0 Å². The zero-order chi connectivity index (χ0) is 14.4. The van der Waals surface area contributed by atoms with E-state index in [-0.39, 0.29) is 0 Å². The summed E-state index contributed by atoms with van der Waals surface area (Å²) in [5.74, 6) is 0.0686. The SMILES string of the molecule is CCc1cccc(Oc2ncccc2/C=C/C(=O)O)c1. The van der Waals surface area contributed by atoms with Crippen LogP contribution in [0.1, 0.15) is 18.1 Å². The molecule has 20 heavy (non-hydrogen) atoms. The molecule has 0 aliphatic rings. The van der Waals surface area contributed by atoms with Gasteiger partial charge in [0.2, 0.25) is 5.88 Å². The number of carboxylic acids is 1. The summed E-state index contributed by atoms with van der Waals surface area (Å²) in [4.78, 5) is 14.7. The third-order valence-corrected chi connectivity index (χ3v) is 2.73. The van der Waals surface area contributed by atoms with Crippen molar-refractivity contribution in [3.05, 3.63) is 59.8 Å². The van der Waals surface area contributed by atoms with Crippen molar-refractivity contribution in [2.24, 2.45) is 0 Å². The number of rotatable bonds is 5. The van der Waals surface area contributed by atoms with Crippen LogP contribution < -0.4 is 4.74 Å². The third kappa shape index (κ3) is 3.68. The predicted octanol–water partition coefficient (Wildman–Crippen LogP) is 3.53. The molecule has 4 heteroatoms. The van der Waals surface area contributed by atoms with Gasteiger partial charge in [0, 0.05) is 17.8 Å². The average Bonchev–Trinajstić information content (AvgIpc) is 2.46. The first kappa shape index (κ1) is 13.8. The molecule has 1 heterocycles. The summed E-state index contributed by atoms with van der Waals surface area (Å²) < 4.78 is 5.73. The van der Waals surface area contributed by atoms with Gasteiger partial charge in [0.05, 0.1) is 0 Å². The van der Waals surface area contributed by atoms with Crippen LogP contribution in [0.25, 0.3) is 6.08 Å². The summed E-state index contributed by atoms with van der Waals surface area (Å²) in [6.07, 6.45) is 5.06. The Morgan fingerprint density at radius 1 is 1.35 bits per heavy atom. The van der Waals surface area contributed by atoms with Crippen molar-refractivity contribution in [3.8, 4) is 11.6 Å². The van der Waals surface area contributed by atoms with E-state index in [1.165, 1.54) is 11.6 Å². The fraction of sp³-hybridized carbons (Fsp3) is 0.125. The fourth-order valence-corrected chi connectivity index (χ4v) is 1.72. The molecule has 2 rings (SSSR count). The van der Waals surface area contributed by atoms with Gasteiger partial charge in [0.1, 0.15) is 5.75 Å². The van der Waals surface area contributed by atoms with Crippen LogP contribution in [0.2, 0.25) is 0 Å². The maximum Gasteiger partial charge on any atom is 0.328 e. The van der Waals surface area contributed by atoms with Crippen molar-refractivity contribution < 1.29 is 14.6 Å². The van der Waals surface area contributed by atoms with E-state index in [1.807, 2.05) is 24.3 Å². The highest BCUT2D eigenvalue weighted by molar-refractivity contribution is 5.85. The van der Waals surface area contributed by atoms with Gasteiger partial charge in [-0.05, 0) is 42.3 Å². The molecular weight excluding hydrogens is 254 g/mol. The van der Waals surface area contributed by atoms with Gasteiger partial charge >= 0.3 is 5.97 Å². The van der Waals surface area contributed by atoms with Crippen LogP contribution in [0.5, 0.6) is 11.6 Å². The quantitative estimate of drug-likeness (QED) is 0.843. The normalized spacial score (nSPS) is 10.7. The Hall–Kier alpha value is -2.62. The molecule has 4 nitrogen and oxygen atoms in total. The van der Waals surface area contributed by atoms with Gasteiger partial charge in [-0.2, -0.15) is 0 Å². The Labute approximate surface area is 117 Å². The number of hydrogen-bond donors (Lipinski definition) is 1. The van der Waals surface area contributed by atoms with Crippen LogP contribution in [0.3, 0.4) is 0 Å². The number of aliphatic carboxylic acids is 1. The average molecular weight is 269 g/mol. The molecule has 0 aliphatic carbocycles. The molecule has 1 aromatic carbocycles. The number of ether oxygens (including phenoxy) is 1. The molecular formula is C16H15NO3. The van der Waals surface area contributed by atoms with E-state index in [1.54, 1.807) is 18.3 Å². The summed E-state index contributed by atoms with van der Waals surface area (Å²) in [5.41, 5.74) is 1.79. The lowest BCUT2D eigenvalue weighted by Crippen LogP contribution is -1.92. The Morgan fingerprint density at radius 2 is 2.20 bits per heavy atom. The van der Waals surface area contributed by atoms with Crippen molar-refractivity contribution >= 4 is 12.0 Å². The number of aromatic nitrogens is 1. The Balaban J connectivity index is 2.26. The fourth-order valence-electron chi connectivity index (χ4n) is 1.72. The van der Waals surface area contributed by atoms with E-state index >= 15 is 0 Å². The lowest BCUT2D eigenvalue weighted by atomic mass is 10.2. The molecule has 0 saturated heterocycles. The maximum absolute atomic E-state index is 10.6. The molecule has 102 valence electrons. The minimum atomic E-state index is -1.01.